The quantitative estimate of drug-likeness (QED) is 0.879. The Balaban J connectivity index is 2.20. The molecule has 0 radical (unpaired) electrons. The molecule has 2 aromatic rings. The van der Waals surface area contributed by atoms with E-state index in [-0.39, 0.29) is 16.5 Å². The van der Waals surface area contributed by atoms with Gasteiger partial charge in [0.05, 0.1) is 10.6 Å². The second-order valence-corrected chi connectivity index (χ2v) is 5.54. The van der Waals surface area contributed by atoms with Gasteiger partial charge < -0.3 is 10.2 Å². The van der Waals surface area contributed by atoms with Gasteiger partial charge in [0.25, 0.3) is 11.8 Å². The normalized spacial score (nSPS) is 10.3. The Bertz CT molecular complexity index is 760. The number of benzene rings is 2. The SMILES string of the molecule is CCN(CC)C(=O)c1cccc(NC(=O)c2ccc(F)cc2Cl)c1. The van der Waals surface area contributed by atoms with Gasteiger partial charge in [-0.05, 0) is 50.2 Å². The molecule has 0 atom stereocenters. The second-order valence-electron chi connectivity index (χ2n) is 5.14. The Morgan fingerprint density at radius 2 is 1.83 bits per heavy atom. The number of rotatable bonds is 5. The fourth-order valence-electron chi connectivity index (χ4n) is 2.30. The van der Waals surface area contributed by atoms with E-state index in [0.29, 0.717) is 24.3 Å². The highest BCUT2D eigenvalue weighted by Gasteiger charge is 2.15. The summed E-state index contributed by atoms with van der Waals surface area (Å²) in [4.78, 5) is 26.3. The van der Waals surface area contributed by atoms with Gasteiger partial charge in [-0.3, -0.25) is 9.59 Å². The molecule has 0 saturated carbocycles. The summed E-state index contributed by atoms with van der Waals surface area (Å²) in [6.07, 6.45) is 0. The standard InChI is InChI=1S/C18H18ClFN2O2/c1-3-22(4-2)18(24)12-6-5-7-14(10-12)21-17(23)15-9-8-13(20)11-16(15)19/h5-11H,3-4H2,1-2H3,(H,21,23). The van der Waals surface area contributed by atoms with Gasteiger partial charge in [-0.2, -0.15) is 0 Å². The van der Waals surface area contributed by atoms with Crippen LogP contribution in [0.15, 0.2) is 42.5 Å². The van der Waals surface area contributed by atoms with Gasteiger partial charge in [-0.25, -0.2) is 4.39 Å². The first-order chi connectivity index (χ1) is 11.5. The molecule has 0 aromatic heterocycles. The number of hydrogen-bond acceptors (Lipinski definition) is 2. The van der Waals surface area contributed by atoms with E-state index in [1.165, 1.54) is 12.1 Å². The van der Waals surface area contributed by atoms with Crippen molar-refractivity contribution in [3.63, 3.8) is 0 Å². The van der Waals surface area contributed by atoms with E-state index in [0.717, 1.165) is 6.07 Å². The molecule has 1 N–H and O–H groups in total. The lowest BCUT2D eigenvalue weighted by molar-refractivity contribution is 0.0772. The smallest absolute Gasteiger partial charge is 0.257 e. The molecule has 2 aromatic carbocycles. The third-order valence-corrected chi connectivity index (χ3v) is 3.91. The predicted molar refractivity (Wildman–Crippen MR) is 93.1 cm³/mol. The van der Waals surface area contributed by atoms with Crippen LogP contribution in [0, 0.1) is 5.82 Å². The van der Waals surface area contributed by atoms with E-state index in [9.17, 15) is 14.0 Å². The number of amides is 2. The maximum absolute atomic E-state index is 13.1. The summed E-state index contributed by atoms with van der Waals surface area (Å²) >= 11 is 5.89. The molecule has 0 saturated heterocycles. The van der Waals surface area contributed by atoms with Crippen molar-refractivity contribution in [3.05, 3.63) is 64.4 Å². The summed E-state index contributed by atoms with van der Waals surface area (Å²) in [6.45, 7) is 5.03. The number of carbonyl (C=O) groups excluding carboxylic acids is 2. The molecule has 24 heavy (non-hydrogen) atoms. The molecule has 2 rings (SSSR count). The summed E-state index contributed by atoms with van der Waals surface area (Å²) in [5.74, 6) is -1.08. The molecule has 0 unspecified atom stereocenters. The van der Waals surface area contributed by atoms with Crippen LogP contribution in [-0.2, 0) is 0 Å². The Labute approximate surface area is 145 Å². The Hall–Kier alpha value is -2.40. The molecule has 0 aliphatic rings. The average Bonchev–Trinajstić information content (AvgIpc) is 2.56. The Morgan fingerprint density at radius 3 is 2.46 bits per heavy atom. The monoisotopic (exact) mass is 348 g/mol. The van der Waals surface area contributed by atoms with Crippen molar-refractivity contribution in [3.8, 4) is 0 Å². The minimum absolute atomic E-state index is 0.0304. The van der Waals surface area contributed by atoms with Crippen LogP contribution in [0.5, 0.6) is 0 Å². The summed E-state index contributed by atoms with van der Waals surface area (Å²) in [6, 6.07) is 10.2. The lowest BCUT2D eigenvalue weighted by atomic mass is 10.1. The van der Waals surface area contributed by atoms with Crippen molar-refractivity contribution < 1.29 is 14.0 Å². The summed E-state index contributed by atoms with van der Waals surface area (Å²) in [5, 5.41) is 2.70. The predicted octanol–water partition coefficient (Wildman–Crippen LogP) is 4.21. The Kier molecular flexibility index (Phi) is 5.93. The fourth-order valence-corrected chi connectivity index (χ4v) is 2.55. The molecule has 4 nitrogen and oxygen atoms in total. The summed E-state index contributed by atoms with van der Waals surface area (Å²) in [5.41, 5.74) is 1.12. The van der Waals surface area contributed by atoms with Crippen LogP contribution < -0.4 is 5.32 Å². The molecular formula is C18H18ClFN2O2. The average molecular weight is 349 g/mol. The lowest BCUT2D eigenvalue weighted by Crippen LogP contribution is -2.30. The summed E-state index contributed by atoms with van der Waals surface area (Å²) < 4.78 is 13.1. The van der Waals surface area contributed by atoms with Crippen LogP contribution in [0.25, 0.3) is 0 Å². The van der Waals surface area contributed by atoms with Crippen LogP contribution in [0.3, 0.4) is 0 Å². The second kappa shape index (κ2) is 7.93. The zero-order chi connectivity index (χ0) is 17.7. The van der Waals surface area contributed by atoms with Crippen molar-refractivity contribution in [2.75, 3.05) is 18.4 Å². The molecule has 126 valence electrons. The summed E-state index contributed by atoms with van der Waals surface area (Å²) in [7, 11) is 0. The van der Waals surface area contributed by atoms with Crippen molar-refractivity contribution in [1.82, 2.24) is 4.90 Å². The van der Waals surface area contributed by atoms with E-state index >= 15 is 0 Å². The topological polar surface area (TPSA) is 49.4 Å². The number of halogens is 2. The van der Waals surface area contributed by atoms with Gasteiger partial charge >= 0.3 is 0 Å². The van der Waals surface area contributed by atoms with Crippen LogP contribution in [-0.4, -0.2) is 29.8 Å². The molecule has 0 bridgehead atoms. The first-order valence-corrected chi connectivity index (χ1v) is 7.99. The van der Waals surface area contributed by atoms with Crippen LogP contribution >= 0.6 is 11.6 Å². The van der Waals surface area contributed by atoms with Crippen LogP contribution in [0.2, 0.25) is 5.02 Å². The molecule has 0 fully saturated rings. The third kappa shape index (κ3) is 4.11. The number of nitrogens with zero attached hydrogens (tertiary/aromatic N) is 1. The van der Waals surface area contributed by atoms with E-state index in [4.69, 9.17) is 11.6 Å². The first kappa shape index (κ1) is 17.9. The zero-order valence-electron chi connectivity index (χ0n) is 13.5. The molecule has 0 heterocycles. The van der Waals surface area contributed by atoms with Gasteiger partial charge in [-0.1, -0.05) is 17.7 Å². The van der Waals surface area contributed by atoms with E-state index in [1.807, 2.05) is 13.8 Å². The highest BCUT2D eigenvalue weighted by atomic mass is 35.5. The highest BCUT2D eigenvalue weighted by molar-refractivity contribution is 6.34. The molecule has 6 heteroatoms. The van der Waals surface area contributed by atoms with E-state index in [1.54, 1.807) is 29.2 Å². The number of carbonyl (C=O) groups is 2. The molecule has 0 aliphatic heterocycles. The minimum Gasteiger partial charge on any atom is -0.339 e. The van der Waals surface area contributed by atoms with Gasteiger partial charge in [0.1, 0.15) is 5.82 Å². The fraction of sp³-hybridized carbons (Fsp3) is 0.222. The van der Waals surface area contributed by atoms with Crippen molar-refractivity contribution in [1.29, 1.82) is 0 Å². The van der Waals surface area contributed by atoms with Crippen LogP contribution in [0.4, 0.5) is 10.1 Å². The van der Waals surface area contributed by atoms with Crippen LogP contribution in [0.1, 0.15) is 34.6 Å². The largest absolute Gasteiger partial charge is 0.339 e. The lowest BCUT2D eigenvalue weighted by Gasteiger charge is -2.19. The van der Waals surface area contributed by atoms with Gasteiger partial charge in [0.2, 0.25) is 0 Å². The number of hydrogen-bond donors (Lipinski definition) is 1. The molecular weight excluding hydrogens is 331 g/mol. The zero-order valence-corrected chi connectivity index (χ0v) is 14.2. The van der Waals surface area contributed by atoms with E-state index in [2.05, 4.69) is 5.32 Å². The van der Waals surface area contributed by atoms with Gasteiger partial charge in [0.15, 0.2) is 0 Å². The van der Waals surface area contributed by atoms with Gasteiger partial charge in [-0.15, -0.1) is 0 Å². The van der Waals surface area contributed by atoms with Gasteiger partial charge in [0, 0.05) is 24.3 Å². The number of nitrogens with one attached hydrogen (secondary N) is 1. The minimum atomic E-state index is -0.511. The molecule has 0 aliphatic carbocycles. The first-order valence-electron chi connectivity index (χ1n) is 7.62. The molecule has 2 amide bonds. The van der Waals surface area contributed by atoms with Crippen molar-refractivity contribution in [2.45, 2.75) is 13.8 Å². The molecule has 0 spiro atoms. The third-order valence-electron chi connectivity index (χ3n) is 3.59. The maximum Gasteiger partial charge on any atom is 0.257 e. The van der Waals surface area contributed by atoms with E-state index < -0.39 is 11.7 Å². The number of anilines is 1. The maximum atomic E-state index is 13.1. The highest BCUT2D eigenvalue weighted by Crippen LogP contribution is 2.20. The van der Waals surface area contributed by atoms with Crippen molar-refractivity contribution >= 4 is 29.1 Å². The van der Waals surface area contributed by atoms with Crippen molar-refractivity contribution in [2.24, 2.45) is 0 Å². The Morgan fingerprint density at radius 1 is 1.12 bits per heavy atom.